The molecule has 1 saturated heterocycles. The molecule has 2 aromatic carbocycles. The highest BCUT2D eigenvalue weighted by Crippen LogP contribution is 2.50. The Morgan fingerprint density at radius 2 is 1.93 bits per heavy atom. The minimum absolute atomic E-state index is 0.148. The van der Waals surface area contributed by atoms with Gasteiger partial charge in [0.2, 0.25) is 6.79 Å². The number of benzene rings is 2. The topological polar surface area (TPSA) is 77.5 Å². The van der Waals surface area contributed by atoms with Crippen molar-refractivity contribution in [2.45, 2.75) is 49.3 Å². The molecule has 1 fully saturated rings. The summed E-state index contributed by atoms with van der Waals surface area (Å²) in [4.78, 5) is 16.9. The van der Waals surface area contributed by atoms with Crippen LogP contribution in [0.1, 0.15) is 41.9 Å². The van der Waals surface area contributed by atoms with Crippen molar-refractivity contribution in [3.63, 3.8) is 0 Å². The zero-order chi connectivity index (χ0) is 27.3. The molecule has 7 heteroatoms. The molecule has 0 amide bonds. The summed E-state index contributed by atoms with van der Waals surface area (Å²) in [5.41, 5.74) is 0.949. The molecule has 0 spiro atoms. The predicted molar refractivity (Wildman–Crippen MR) is 149 cm³/mol. The summed E-state index contributed by atoms with van der Waals surface area (Å²) in [6, 6.07) is 13.5. The number of piperidine rings is 1. The molecule has 208 valence electrons. The number of methoxy groups -OCH3 is 1. The molecule has 0 aromatic heterocycles. The van der Waals surface area contributed by atoms with E-state index in [1.165, 1.54) is 5.56 Å². The fourth-order valence-electron chi connectivity index (χ4n) is 7.44. The molecule has 1 N–H and O–H groups in total. The third kappa shape index (κ3) is 4.06. The van der Waals surface area contributed by atoms with Crippen LogP contribution in [0, 0.1) is 11.8 Å². The standard InChI is InChI=1S/C33H35NO6/c1-37-28-18-22-9-8-15-34-16-14-21-17-26-27(39-20-38-26)19-25(21)29(30(22)34)31(28)40-32(35)33(36,23-10-4-2-5-11-23)24-12-6-3-7-13-24/h2-7,10-12,17-19,22,24,29-31,36H,8-9,13-16,20H2,1H3. The van der Waals surface area contributed by atoms with E-state index in [2.05, 4.69) is 23.1 Å². The van der Waals surface area contributed by atoms with Gasteiger partial charge in [-0.05, 0) is 73.0 Å². The summed E-state index contributed by atoms with van der Waals surface area (Å²) in [7, 11) is 1.64. The van der Waals surface area contributed by atoms with Gasteiger partial charge in [0.05, 0.1) is 7.11 Å². The van der Waals surface area contributed by atoms with E-state index in [4.69, 9.17) is 18.9 Å². The van der Waals surface area contributed by atoms with Gasteiger partial charge in [0.25, 0.3) is 0 Å². The molecule has 0 radical (unpaired) electrons. The SMILES string of the molecule is COC1=CC2CCCN3CCc4cc5c(cc4C(C1OC(=O)C(O)(c1ccccc1)C1C=CC=CC1)C23)OCO5. The average Bonchev–Trinajstić information content (AvgIpc) is 3.40. The minimum Gasteiger partial charge on any atom is -0.497 e. The third-order valence-electron chi connectivity index (χ3n) is 9.37. The number of nitrogens with zero attached hydrogens (tertiary/aromatic N) is 1. The quantitative estimate of drug-likeness (QED) is 0.554. The van der Waals surface area contributed by atoms with Crippen LogP contribution in [-0.2, 0) is 26.3 Å². The maximum Gasteiger partial charge on any atom is 0.344 e. The van der Waals surface area contributed by atoms with Crippen LogP contribution in [0.25, 0.3) is 0 Å². The van der Waals surface area contributed by atoms with Crippen LogP contribution in [0.3, 0.4) is 0 Å². The Bertz CT molecular complexity index is 1380. The molecule has 40 heavy (non-hydrogen) atoms. The van der Waals surface area contributed by atoms with Crippen molar-refractivity contribution in [2.24, 2.45) is 11.8 Å². The maximum atomic E-state index is 14.3. The van der Waals surface area contributed by atoms with Gasteiger partial charge in [0.15, 0.2) is 23.2 Å². The van der Waals surface area contributed by atoms with E-state index in [1.54, 1.807) is 19.2 Å². The first-order valence-corrected chi connectivity index (χ1v) is 14.3. The Labute approximate surface area is 234 Å². The molecular formula is C33H35NO6. The van der Waals surface area contributed by atoms with Crippen LogP contribution in [0.15, 0.2) is 78.6 Å². The molecular weight excluding hydrogens is 506 g/mol. The summed E-state index contributed by atoms with van der Waals surface area (Å²) in [6.07, 6.45) is 12.7. The molecule has 6 unspecified atom stereocenters. The van der Waals surface area contributed by atoms with E-state index < -0.39 is 23.6 Å². The highest BCUT2D eigenvalue weighted by Gasteiger charge is 2.53. The van der Waals surface area contributed by atoms with Crippen LogP contribution < -0.4 is 9.47 Å². The maximum absolute atomic E-state index is 14.3. The largest absolute Gasteiger partial charge is 0.497 e. The first-order chi connectivity index (χ1) is 19.6. The number of aliphatic hydroxyl groups is 1. The molecule has 7 nitrogen and oxygen atoms in total. The van der Waals surface area contributed by atoms with Gasteiger partial charge in [-0.2, -0.15) is 0 Å². The lowest BCUT2D eigenvalue weighted by atomic mass is 9.70. The van der Waals surface area contributed by atoms with Crippen molar-refractivity contribution in [1.29, 1.82) is 0 Å². The monoisotopic (exact) mass is 541 g/mol. The summed E-state index contributed by atoms with van der Waals surface area (Å²) < 4.78 is 24.0. The lowest BCUT2D eigenvalue weighted by Gasteiger charge is -2.49. The van der Waals surface area contributed by atoms with Crippen LogP contribution in [-0.4, -0.2) is 55.1 Å². The van der Waals surface area contributed by atoms with Gasteiger partial charge in [-0.15, -0.1) is 0 Å². The van der Waals surface area contributed by atoms with Crippen molar-refractivity contribution in [3.05, 3.63) is 95.3 Å². The second-order valence-electron chi connectivity index (χ2n) is 11.4. The Kier molecular flexibility index (Phi) is 6.44. The lowest BCUT2D eigenvalue weighted by molar-refractivity contribution is -0.180. The van der Waals surface area contributed by atoms with Crippen molar-refractivity contribution < 1.29 is 28.8 Å². The van der Waals surface area contributed by atoms with Crippen molar-refractivity contribution in [1.82, 2.24) is 4.90 Å². The van der Waals surface area contributed by atoms with Gasteiger partial charge in [0, 0.05) is 24.4 Å². The number of allylic oxidation sites excluding steroid dienone is 3. The Morgan fingerprint density at radius 1 is 1.10 bits per heavy atom. The predicted octanol–water partition coefficient (Wildman–Crippen LogP) is 4.61. The van der Waals surface area contributed by atoms with Gasteiger partial charge >= 0.3 is 5.97 Å². The van der Waals surface area contributed by atoms with Crippen LogP contribution >= 0.6 is 0 Å². The average molecular weight is 542 g/mol. The van der Waals surface area contributed by atoms with E-state index in [0.29, 0.717) is 17.7 Å². The van der Waals surface area contributed by atoms with Gasteiger partial charge in [-0.25, -0.2) is 4.79 Å². The molecule has 7 rings (SSSR count). The normalized spacial score (nSPS) is 29.9. The smallest absolute Gasteiger partial charge is 0.344 e. The molecule has 2 aliphatic carbocycles. The van der Waals surface area contributed by atoms with Gasteiger partial charge < -0.3 is 24.1 Å². The fraction of sp³-hybridized carbons (Fsp3) is 0.424. The second kappa shape index (κ2) is 10.1. The molecule has 3 aliphatic heterocycles. The minimum atomic E-state index is -1.85. The molecule has 0 bridgehead atoms. The molecule has 0 saturated carbocycles. The van der Waals surface area contributed by atoms with E-state index in [-0.39, 0.29) is 24.7 Å². The van der Waals surface area contributed by atoms with Crippen LogP contribution in [0.5, 0.6) is 11.5 Å². The van der Waals surface area contributed by atoms with Gasteiger partial charge in [0.1, 0.15) is 5.76 Å². The van der Waals surface area contributed by atoms with E-state index in [1.807, 2.05) is 42.5 Å². The Morgan fingerprint density at radius 3 is 2.70 bits per heavy atom. The zero-order valence-corrected chi connectivity index (χ0v) is 22.7. The van der Waals surface area contributed by atoms with Crippen LogP contribution in [0.2, 0.25) is 0 Å². The van der Waals surface area contributed by atoms with E-state index >= 15 is 0 Å². The fourth-order valence-corrected chi connectivity index (χ4v) is 7.44. The molecule has 2 aromatic rings. The number of carbonyl (C=O) groups is 1. The van der Waals surface area contributed by atoms with Crippen LogP contribution in [0.4, 0.5) is 0 Å². The summed E-state index contributed by atoms with van der Waals surface area (Å²) >= 11 is 0. The summed E-state index contributed by atoms with van der Waals surface area (Å²) in [6.45, 7) is 2.13. The second-order valence-corrected chi connectivity index (χ2v) is 11.4. The van der Waals surface area contributed by atoms with E-state index in [9.17, 15) is 9.90 Å². The number of hydrogen-bond donors (Lipinski definition) is 1. The molecule has 3 heterocycles. The number of esters is 1. The first kappa shape index (κ1) is 25.4. The van der Waals surface area contributed by atoms with Gasteiger partial charge in [-0.1, -0.05) is 54.6 Å². The summed E-state index contributed by atoms with van der Waals surface area (Å²) in [5.74, 6) is 1.10. The highest BCUT2D eigenvalue weighted by molar-refractivity contribution is 5.82. The molecule has 5 aliphatic rings. The van der Waals surface area contributed by atoms with Crippen molar-refractivity contribution >= 4 is 5.97 Å². The van der Waals surface area contributed by atoms with E-state index in [0.717, 1.165) is 49.4 Å². The third-order valence-corrected chi connectivity index (χ3v) is 9.37. The highest BCUT2D eigenvalue weighted by atomic mass is 16.7. The summed E-state index contributed by atoms with van der Waals surface area (Å²) in [5, 5.41) is 12.2. The number of rotatable bonds is 5. The number of carbonyl (C=O) groups excluding carboxylic acids is 1. The van der Waals surface area contributed by atoms with Gasteiger partial charge in [-0.3, -0.25) is 4.90 Å². The lowest BCUT2D eigenvalue weighted by Crippen LogP contribution is -2.55. The number of ether oxygens (including phenoxy) is 4. The Balaban J connectivity index is 1.33. The Hall–Kier alpha value is -3.55. The molecule has 6 atom stereocenters. The number of fused-ring (bicyclic) bond motifs is 3. The first-order valence-electron chi connectivity index (χ1n) is 14.3. The zero-order valence-electron chi connectivity index (χ0n) is 22.7. The van der Waals surface area contributed by atoms with Crippen molar-refractivity contribution in [3.8, 4) is 11.5 Å². The number of hydrogen-bond acceptors (Lipinski definition) is 7. The van der Waals surface area contributed by atoms with Crippen molar-refractivity contribution in [2.75, 3.05) is 27.0 Å².